The van der Waals surface area contributed by atoms with E-state index in [9.17, 15) is 0 Å². The van der Waals surface area contributed by atoms with Crippen LogP contribution < -0.4 is 0 Å². The van der Waals surface area contributed by atoms with Gasteiger partial charge in [-0.2, -0.15) is 0 Å². The Morgan fingerprint density at radius 3 is 2.27 bits per heavy atom. The summed E-state index contributed by atoms with van der Waals surface area (Å²) >= 11 is 0. The van der Waals surface area contributed by atoms with Crippen LogP contribution in [-0.2, 0) is 4.43 Å². The van der Waals surface area contributed by atoms with Crippen molar-refractivity contribution in [1.82, 2.24) is 0 Å². The topological polar surface area (TPSA) is 9.23 Å². The van der Waals surface area contributed by atoms with Gasteiger partial charge in [-0.15, -0.1) is 0 Å². The van der Waals surface area contributed by atoms with Crippen molar-refractivity contribution < 1.29 is 4.43 Å². The van der Waals surface area contributed by atoms with Crippen molar-refractivity contribution in [3.8, 4) is 0 Å². The minimum Gasteiger partial charge on any atom is -0.413 e. The van der Waals surface area contributed by atoms with Gasteiger partial charge in [-0.1, -0.05) is 76.3 Å². The second-order valence-electron chi connectivity index (χ2n) is 6.38. The second-order valence-corrected chi connectivity index (χ2v) is 11.1. The third kappa shape index (κ3) is 3.99. The van der Waals surface area contributed by atoms with Gasteiger partial charge in [0.1, 0.15) is 0 Å². The Morgan fingerprint density at radius 1 is 1.05 bits per heavy atom. The van der Waals surface area contributed by atoms with E-state index < -0.39 is 8.32 Å². The molecule has 0 saturated heterocycles. The monoisotopic (exact) mass is 314 g/mol. The summed E-state index contributed by atoms with van der Waals surface area (Å²) in [5, 5.41) is 0. The molecule has 0 spiro atoms. The highest BCUT2D eigenvalue weighted by Crippen LogP contribution is 2.31. The zero-order valence-corrected chi connectivity index (χ0v) is 15.5. The first-order chi connectivity index (χ1) is 10.6. The first kappa shape index (κ1) is 17.2. The quantitative estimate of drug-likeness (QED) is 0.580. The molecule has 1 aromatic rings. The maximum absolute atomic E-state index is 6.75. The summed E-state index contributed by atoms with van der Waals surface area (Å²) in [6, 6.07) is 14.3. The van der Waals surface area contributed by atoms with Gasteiger partial charge in [0.05, 0.1) is 6.10 Å². The highest BCUT2D eigenvalue weighted by atomic mass is 28.4. The first-order valence-electron chi connectivity index (χ1n) is 8.75. The van der Waals surface area contributed by atoms with Crippen LogP contribution in [0, 0.1) is 5.92 Å². The van der Waals surface area contributed by atoms with Crippen molar-refractivity contribution in [2.24, 2.45) is 5.92 Å². The summed E-state index contributed by atoms with van der Waals surface area (Å²) in [6.45, 7) is 9.22. The molecule has 22 heavy (non-hydrogen) atoms. The fraction of sp³-hybridized carbons (Fsp3) is 0.500. The molecular formula is C20H30OSi. The van der Waals surface area contributed by atoms with Gasteiger partial charge < -0.3 is 4.43 Å². The summed E-state index contributed by atoms with van der Waals surface area (Å²) in [5.41, 5.74) is 2.63. The summed E-state index contributed by atoms with van der Waals surface area (Å²) in [4.78, 5) is 0. The van der Waals surface area contributed by atoms with Crippen molar-refractivity contribution >= 4 is 13.9 Å². The number of allylic oxidation sites excluding steroid dienone is 2. The minimum absolute atomic E-state index is 0.337. The van der Waals surface area contributed by atoms with Gasteiger partial charge in [0.25, 0.3) is 0 Å². The zero-order valence-electron chi connectivity index (χ0n) is 14.5. The van der Waals surface area contributed by atoms with Gasteiger partial charge >= 0.3 is 0 Å². The average molecular weight is 315 g/mol. The fourth-order valence-electron chi connectivity index (χ4n) is 3.23. The largest absolute Gasteiger partial charge is 0.413 e. The molecule has 120 valence electrons. The molecule has 0 saturated carbocycles. The van der Waals surface area contributed by atoms with Gasteiger partial charge in [-0.05, 0) is 41.6 Å². The molecule has 0 radical (unpaired) electrons. The standard InChI is InChI=1S/C20H30OSi/c1-5-22(6-2,7-3)21-20-16-15-19(14-13-17(20)4)18-11-9-8-10-12-18/h8-15,17,20H,5-7,16H2,1-4H3/t17-,20+/m0/s1. The van der Waals surface area contributed by atoms with E-state index in [4.69, 9.17) is 4.43 Å². The molecule has 0 N–H and O–H groups in total. The van der Waals surface area contributed by atoms with Crippen LogP contribution in [0.5, 0.6) is 0 Å². The van der Waals surface area contributed by atoms with Crippen LogP contribution in [0.2, 0.25) is 18.1 Å². The van der Waals surface area contributed by atoms with Crippen LogP contribution >= 0.6 is 0 Å². The van der Waals surface area contributed by atoms with E-state index in [1.165, 1.54) is 29.3 Å². The van der Waals surface area contributed by atoms with E-state index >= 15 is 0 Å². The highest BCUT2D eigenvalue weighted by Gasteiger charge is 2.33. The molecule has 0 amide bonds. The average Bonchev–Trinajstić information content (AvgIpc) is 2.76. The van der Waals surface area contributed by atoms with Gasteiger partial charge in [-0.3, -0.25) is 0 Å². The van der Waals surface area contributed by atoms with E-state index in [1.54, 1.807) is 0 Å². The van der Waals surface area contributed by atoms with Crippen LogP contribution in [0.1, 0.15) is 39.7 Å². The van der Waals surface area contributed by atoms with Gasteiger partial charge in [0.15, 0.2) is 8.32 Å². The maximum atomic E-state index is 6.75. The van der Waals surface area contributed by atoms with Crippen LogP contribution in [0.4, 0.5) is 0 Å². The molecule has 0 unspecified atom stereocenters. The van der Waals surface area contributed by atoms with Crippen LogP contribution in [-0.4, -0.2) is 14.4 Å². The molecule has 0 heterocycles. The van der Waals surface area contributed by atoms with E-state index in [-0.39, 0.29) is 0 Å². The second kappa shape index (κ2) is 7.93. The molecule has 2 heteroatoms. The third-order valence-corrected chi connectivity index (χ3v) is 9.85. The Kier molecular flexibility index (Phi) is 6.22. The molecule has 1 nitrogen and oxygen atoms in total. The van der Waals surface area contributed by atoms with Crippen molar-refractivity contribution in [1.29, 1.82) is 0 Å². The Hall–Kier alpha value is -1.12. The number of rotatable bonds is 6. The van der Waals surface area contributed by atoms with Gasteiger partial charge in [-0.25, -0.2) is 0 Å². The summed E-state index contributed by atoms with van der Waals surface area (Å²) < 4.78 is 6.75. The molecule has 2 atom stereocenters. The zero-order chi connectivity index (χ0) is 16.0. The Labute approximate surface area is 137 Å². The lowest BCUT2D eigenvalue weighted by Crippen LogP contribution is -2.41. The van der Waals surface area contributed by atoms with Crippen molar-refractivity contribution in [2.45, 2.75) is 58.4 Å². The molecule has 0 aromatic heterocycles. The molecule has 2 rings (SSSR count). The number of benzene rings is 1. The van der Waals surface area contributed by atoms with Crippen LogP contribution in [0.25, 0.3) is 5.57 Å². The highest BCUT2D eigenvalue weighted by molar-refractivity contribution is 6.73. The molecular weight excluding hydrogens is 284 g/mol. The lowest BCUT2D eigenvalue weighted by atomic mass is 10.0. The summed E-state index contributed by atoms with van der Waals surface area (Å²) in [5.74, 6) is 0.481. The number of hydrogen-bond acceptors (Lipinski definition) is 1. The lowest BCUT2D eigenvalue weighted by molar-refractivity contribution is 0.154. The summed E-state index contributed by atoms with van der Waals surface area (Å²) in [7, 11) is -1.53. The van der Waals surface area contributed by atoms with Crippen LogP contribution in [0.15, 0.2) is 48.6 Å². The van der Waals surface area contributed by atoms with Gasteiger partial charge in [0.2, 0.25) is 0 Å². The molecule has 0 bridgehead atoms. The fourth-order valence-corrected chi connectivity index (χ4v) is 6.18. The minimum atomic E-state index is -1.53. The number of hydrogen-bond donors (Lipinski definition) is 0. The lowest BCUT2D eigenvalue weighted by Gasteiger charge is -2.34. The van der Waals surface area contributed by atoms with E-state index in [2.05, 4.69) is 76.3 Å². The molecule has 0 fully saturated rings. The third-order valence-electron chi connectivity index (χ3n) is 5.18. The summed E-state index contributed by atoms with van der Waals surface area (Å²) in [6.07, 6.45) is 8.32. The van der Waals surface area contributed by atoms with E-state index in [0.717, 1.165) is 6.42 Å². The van der Waals surface area contributed by atoms with Crippen LogP contribution in [0.3, 0.4) is 0 Å². The predicted molar refractivity (Wildman–Crippen MR) is 99.4 cm³/mol. The molecule has 1 aromatic carbocycles. The smallest absolute Gasteiger partial charge is 0.192 e. The Balaban J connectivity index is 2.16. The molecule has 1 aliphatic rings. The molecule has 1 aliphatic carbocycles. The Morgan fingerprint density at radius 2 is 1.68 bits per heavy atom. The normalized spacial score (nSPS) is 22.3. The van der Waals surface area contributed by atoms with Gasteiger partial charge in [0, 0.05) is 0 Å². The van der Waals surface area contributed by atoms with E-state index in [0.29, 0.717) is 12.0 Å². The van der Waals surface area contributed by atoms with Crippen molar-refractivity contribution in [2.75, 3.05) is 0 Å². The van der Waals surface area contributed by atoms with Crippen molar-refractivity contribution in [3.63, 3.8) is 0 Å². The SMILES string of the molecule is CC[Si](CC)(CC)O[C@@H]1CC=C(c2ccccc2)C=C[C@@H]1C. The van der Waals surface area contributed by atoms with Crippen molar-refractivity contribution in [3.05, 3.63) is 54.1 Å². The first-order valence-corrected chi connectivity index (χ1v) is 11.3. The predicted octanol–water partition coefficient (Wildman–Crippen LogP) is 6.06. The molecule has 0 aliphatic heterocycles. The maximum Gasteiger partial charge on any atom is 0.192 e. The van der Waals surface area contributed by atoms with E-state index in [1.807, 2.05) is 0 Å². The Bertz CT molecular complexity index is 506.